The van der Waals surface area contributed by atoms with Gasteiger partial charge in [-0.3, -0.25) is 19.2 Å². The second kappa shape index (κ2) is 17.3. The molecule has 47 heavy (non-hydrogen) atoms. The van der Waals surface area contributed by atoms with Gasteiger partial charge in [-0.25, -0.2) is 0 Å². The van der Waals surface area contributed by atoms with E-state index in [-0.39, 0.29) is 42.9 Å². The Balaban J connectivity index is 2.19. The van der Waals surface area contributed by atoms with Crippen LogP contribution in [0, 0.1) is 17.8 Å². The number of β-amino-alcohol motifs (C(OH)–C–C–N with tert-alkyl or cyclic N) is 1. The van der Waals surface area contributed by atoms with E-state index in [2.05, 4.69) is 55.2 Å². The third-order valence-corrected chi connectivity index (χ3v) is 13.8. The number of carbonyl (C=O) groups excluding carboxylic acids is 4. The monoisotopic (exact) mass is 671 g/mol. The number of rotatable bonds is 15. The molecule has 0 bridgehead atoms. The minimum atomic E-state index is -2.16. The quantitative estimate of drug-likeness (QED) is 0.105. The minimum absolute atomic E-state index is 0.0123. The molecule has 0 radical (unpaired) electrons. The van der Waals surface area contributed by atoms with Crippen LogP contribution in [0.3, 0.4) is 0 Å². The van der Waals surface area contributed by atoms with Crippen molar-refractivity contribution in [1.82, 2.24) is 15.5 Å². The molecule has 10 nitrogen and oxygen atoms in total. The topological polar surface area (TPSA) is 134 Å². The van der Waals surface area contributed by atoms with Crippen molar-refractivity contribution >= 4 is 32.0 Å². The number of methoxy groups -OCH3 is 1. The van der Waals surface area contributed by atoms with E-state index in [1.807, 2.05) is 45.0 Å². The van der Waals surface area contributed by atoms with Crippen molar-refractivity contribution in [1.29, 1.82) is 0 Å². The highest BCUT2D eigenvalue weighted by Crippen LogP contribution is 2.37. The molecular formula is C36H57N3O7Si. The summed E-state index contributed by atoms with van der Waals surface area (Å²) in [5, 5.41) is 16.6. The number of nitrogens with one attached hydrogen (secondary N) is 2. The number of terminal acetylenes is 1. The average molecular weight is 672 g/mol. The van der Waals surface area contributed by atoms with E-state index in [4.69, 9.17) is 10.8 Å². The maximum atomic E-state index is 14.0. The van der Waals surface area contributed by atoms with E-state index in [1.54, 1.807) is 0 Å². The first-order valence-corrected chi connectivity index (χ1v) is 19.6. The first kappa shape index (κ1) is 40.0. The van der Waals surface area contributed by atoms with Crippen molar-refractivity contribution in [2.75, 3.05) is 20.3 Å². The molecule has 0 aromatic heterocycles. The molecule has 3 N–H and O–H groups in total. The Morgan fingerprint density at radius 2 is 1.60 bits per heavy atom. The molecule has 0 aliphatic carbocycles. The maximum Gasteiger partial charge on any atom is 0.305 e. The largest absolute Gasteiger partial charge is 0.469 e. The first-order valence-electron chi connectivity index (χ1n) is 16.7. The second-order valence-corrected chi connectivity index (χ2v) is 20.0. The third-order valence-electron chi connectivity index (χ3n) is 9.26. The van der Waals surface area contributed by atoms with Gasteiger partial charge in [-0.05, 0) is 54.1 Å². The summed E-state index contributed by atoms with van der Waals surface area (Å²) in [4.78, 5) is 53.6. The van der Waals surface area contributed by atoms with Crippen LogP contribution in [-0.4, -0.2) is 80.5 Å². The van der Waals surface area contributed by atoms with Gasteiger partial charge < -0.3 is 29.8 Å². The lowest BCUT2D eigenvalue weighted by molar-refractivity contribution is -0.144. The lowest BCUT2D eigenvalue weighted by atomic mass is 9.85. The molecule has 1 saturated heterocycles. The smallest absolute Gasteiger partial charge is 0.305 e. The number of hydrogen-bond acceptors (Lipinski definition) is 7. The molecule has 1 aromatic rings. The summed E-state index contributed by atoms with van der Waals surface area (Å²) in [6.45, 7) is 16.5. The van der Waals surface area contributed by atoms with E-state index >= 15 is 0 Å². The SMILES string of the molecule is C#Cc1ccc([C@H](CO[Si](C)(C)C(C)(C)C)NC(=O)[C@@H]2C[C@@H](O)CN2C(=O)C(NC(=O)CCCCCCC(=O)OC)C(C)(C)C)cc1. The third kappa shape index (κ3) is 12.1. The molecule has 0 saturated carbocycles. The fourth-order valence-corrected chi connectivity index (χ4v) is 6.19. The lowest BCUT2D eigenvalue weighted by Gasteiger charge is -2.38. The Bertz CT molecular complexity index is 1260. The molecule has 11 heteroatoms. The Morgan fingerprint density at radius 3 is 2.13 bits per heavy atom. The van der Waals surface area contributed by atoms with Crippen LogP contribution < -0.4 is 10.6 Å². The highest BCUT2D eigenvalue weighted by Gasteiger charge is 2.45. The normalized spacial score (nSPS) is 18.2. The number of likely N-dealkylation sites (tertiary alicyclic amines) is 1. The van der Waals surface area contributed by atoms with Crippen LogP contribution in [0.15, 0.2) is 24.3 Å². The number of nitrogens with zero attached hydrogens (tertiary/aromatic N) is 1. The summed E-state index contributed by atoms with van der Waals surface area (Å²) in [6.07, 6.45) is 8.22. The zero-order valence-electron chi connectivity index (χ0n) is 29.9. The number of hydrogen-bond donors (Lipinski definition) is 3. The van der Waals surface area contributed by atoms with Gasteiger partial charge in [0.2, 0.25) is 17.7 Å². The van der Waals surface area contributed by atoms with Crippen LogP contribution in [-0.2, 0) is 28.3 Å². The van der Waals surface area contributed by atoms with Crippen molar-refractivity contribution < 1.29 is 33.4 Å². The van der Waals surface area contributed by atoms with Gasteiger partial charge in [0.1, 0.15) is 12.1 Å². The summed E-state index contributed by atoms with van der Waals surface area (Å²) in [5.74, 6) is 1.30. The molecule has 1 aliphatic heterocycles. The number of carbonyl (C=O) groups is 4. The molecule has 1 aliphatic rings. The van der Waals surface area contributed by atoms with Crippen molar-refractivity contribution in [2.24, 2.45) is 5.41 Å². The number of aliphatic hydroxyl groups is 1. The number of aliphatic hydroxyl groups excluding tert-OH is 1. The number of ether oxygens (including phenoxy) is 1. The predicted molar refractivity (Wildman–Crippen MR) is 186 cm³/mol. The van der Waals surface area contributed by atoms with Crippen LogP contribution in [0.4, 0.5) is 0 Å². The van der Waals surface area contributed by atoms with E-state index in [1.165, 1.54) is 12.0 Å². The number of amides is 3. The standard InChI is InChI=1S/C36H57N3O7Si/c1-11-25-18-20-26(21-19-25)28(24-46-47(9,10)36(5,6)7)37-33(43)29-22-27(40)23-39(29)34(44)32(35(2,3)4)38-30(41)16-14-12-13-15-17-31(42)45-8/h1,18-21,27-29,32,40H,12-17,22-24H2,2-10H3,(H,37,43)(H,38,41)/t27-,28+,29+,32?/m1/s1. The zero-order chi connectivity index (χ0) is 35.6. The summed E-state index contributed by atoms with van der Waals surface area (Å²) < 4.78 is 11.2. The average Bonchev–Trinajstić information content (AvgIpc) is 3.39. The molecule has 1 unspecified atom stereocenters. The van der Waals surface area contributed by atoms with Crippen molar-refractivity contribution in [3.05, 3.63) is 35.4 Å². The predicted octanol–water partition coefficient (Wildman–Crippen LogP) is 4.85. The molecule has 3 amide bonds. The number of esters is 1. The zero-order valence-corrected chi connectivity index (χ0v) is 30.9. The van der Waals surface area contributed by atoms with Crippen molar-refractivity contribution in [3.63, 3.8) is 0 Å². The van der Waals surface area contributed by atoms with Crippen LogP contribution in [0.2, 0.25) is 18.1 Å². The molecular weight excluding hydrogens is 614 g/mol. The van der Waals surface area contributed by atoms with Gasteiger partial charge in [-0.2, -0.15) is 0 Å². The second-order valence-electron chi connectivity index (χ2n) is 15.2. The van der Waals surface area contributed by atoms with E-state index < -0.39 is 49.8 Å². The molecule has 4 atom stereocenters. The number of unbranched alkanes of at least 4 members (excludes halogenated alkanes) is 3. The first-order chi connectivity index (χ1) is 21.8. The van der Waals surface area contributed by atoms with Gasteiger partial charge in [0.25, 0.3) is 0 Å². The van der Waals surface area contributed by atoms with Crippen LogP contribution in [0.5, 0.6) is 0 Å². The molecule has 1 aromatic carbocycles. The van der Waals surface area contributed by atoms with Crippen molar-refractivity contribution in [3.8, 4) is 12.3 Å². The fourth-order valence-electron chi connectivity index (χ4n) is 5.17. The van der Waals surface area contributed by atoms with Gasteiger partial charge in [-0.1, -0.05) is 72.4 Å². The molecule has 0 spiro atoms. The van der Waals surface area contributed by atoms with Gasteiger partial charge >= 0.3 is 5.97 Å². The Labute approximate surface area is 282 Å². The molecule has 1 fully saturated rings. The van der Waals surface area contributed by atoms with Gasteiger partial charge in [-0.15, -0.1) is 6.42 Å². The molecule has 262 valence electrons. The van der Waals surface area contributed by atoms with Crippen LogP contribution >= 0.6 is 0 Å². The van der Waals surface area contributed by atoms with Gasteiger partial charge in [0.15, 0.2) is 8.32 Å². The summed E-state index contributed by atoms with van der Waals surface area (Å²) in [7, 11) is -0.803. The fraction of sp³-hybridized carbons (Fsp3) is 0.667. The Kier molecular flexibility index (Phi) is 14.7. The maximum absolute atomic E-state index is 14.0. The van der Waals surface area contributed by atoms with E-state index in [0.717, 1.165) is 18.4 Å². The van der Waals surface area contributed by atoms with E-state index in [9.17, 15) is 24.3 Å². The van der Waals surface area contributed by atoms with E-state index in [0.29, 0.717) is 24.8 Å². The Hall–Kier alpha value is -3.20. The molecule has 2 rings (SSSR count). The highest BCUT2D eigenvalue weighted by molar-refractivity contribution is 6.74. The van der Waals surface area contributed by atoms with Crippen LogP contribution in [0.1, 0.15) is 104 Å². The molecule has 1 heterocycles. The lowest BCUT2D eigenvalue weighted by Crippen LogP contribution is -2.58. The summed E-state index contributed by atoms with van der Waals surface area (Å²) in [5.41, 5.74) is 0.881. The van der Waals surface area contributed by atoms with Crippen LogP contribution in [0.25, 0.3) is 0 Å². The summed E-state index contributed by atoms with van der Waals surface area (Å²) >= 11 is 0. The summed E-state index contributed by atoms with van der Waals surface area (Å²) in [6, 6.07) is 5.03. The minimum Gasteiger partial charge on any atom is -0.469 e. The van der Waals surface area contributed by atoms with Crippen molar-refractivity contribution in [2.45, 2.75) is 129 Å². The van der Waals surface area contributed by atoms with Gasteiger partial charge in [0.05, 0.1) is 25.9 Å². The van der Waals surface area contributed by atoms with Gasteiger partial charge in [0, 0.05) is 31.4 Å². The number of benzene rings is 1. The Morgan fingerprint density at radius 1 is 1.00 bits per heavy atom. The highest BCUT2D eigenvalue weighted by atomic mass is 28.4.